The van der Waals surface area contributed by atoms with Gasteiger partial charge in [-0.25, -0.2) is 0 Å². The number of hydrogen-bond donors (Lipinski definition) is 1. The monoisotopic (exact) mass is 343 g/mol. The summed E-state index contributed by atoms with van der Waals surface area (Å²) in [5.74, 6) is 0.559. The first-order valence-corrected chi connectivity index (χ1v) is 8.69. The van der Waals surface area contributed by atoms with Gasteiger partial charge in [-0.05, 0) is 55.5 Å². The van der Waals surface area contributed by atoms with Crippen molar-refractivity contribution in [3.63, 3.8) is 0 Å². The van der Waals surface area contributed by atoms with E-state index in [9.17, 15) is 4.79 Å². The van der Waals surface area contributed by atoms with Gasteiger partial charge in [0.1, 0.15) is 5.69 Å². The lowest BCUT2D eigenvalue weighted by atomic mass is 9.99. The molecule has 1 saturated heterocycles. The number of benzene rings is 1. The molecule has 126 valence electrons. The van der Waals surface area contributed by atoms with Crippen molar-refractivity contribution in [2.24, 2.45) is 5.92 Å². The van der Waals surface area contributed by atoms with Crippen LogP contribution in [0.5, 0.6) is 0 Å². The lowest BCUT2D eigenvalue weighted by Crippen LogP contribution is -2.33. The SMILES string of the molecule is Cc1ccc(Cl)cc1NC(=O)c1cc(N2CCC(C)CC2)ccn1. The number of amides is 1. The van der Waals surface area contributed by atoms with Crippen LogP contribution in [-0.4, -0.2) is 24.0 Å². The van der Waals surface area contributed by atoms with Gasteiger partial charge < -0.3 is 10.2 Å². The minimum atomic E-state index is -0.215. The summed E-state index contributed by atoms with van der Waals surface area (Å²) in [5, 5.41) is 3.50. The summed E-state index contributed by atoms with van der Waals surface area (Å²) in [7, 11) is 0. The highest BCUT2D eigenvalue weighted by atomic mass is 35.5. The van der Waals surface area contributed by atoms with Gasteiger partial charge in [0.2, 0.25) is 0 Å². The molecule has 0 saturated carbocycles. The number of aryl methyl sites for hydroxylation is 1. The Morgan fingerprint density at radius 1 is 1.25 bits per heavy atom. The third kappa shape index (κ3) is 3.88. The fraction of sp³-hybridized carbons (Fsp3) is 0.368. The normalized spacial score (nSPS) is 15.4. The van der Waals surface area contributed by atoms with Crippen molar-refractivity contribution in [3.05, 3.63) is 52.8 Å². The zero-order valence-corrected chi connectivity index (χ0v) is 14.8. The van der Waals surface area contributed by atoms with Gasteiger partial charge in [0.25, 0.3) is 5.91 Å². The average molecular weight is 344 g/mol. The van der Waals surface area contributed by atoms with Crippen molar-refractivity contribution in [1.29, 1.82) is 0 Å². The second kappa shape index (κ2) is 7.22. The molecule has 1 aliphatic rings. The zero-order valence-electron chi connectivity index (χ0n) is 14.1. The number of anilines is 2. The van der Waals surface area contributed by atoms with Gasteiger partial charge in [-0.1, -0.05) is 24.6 Å². The van der Waals surface area contributed by atoms with Crippen molar-refractivity contribution in [2.75, 3.05) is 23.3 Å². The van der Waals surface area contributed by atoms with Crippen LogP contribution < -0.4 is 10.2 Å². The highest BCUT2D eigenvalue weighted by Crippen LogP contribution is 2.24. The number of halogens is 1. The molecule has 1 aromatic heterocycles. The van der Waals surface area contributed by atoms with E-state index in [0.717, 1.165) is 30.3 Å². The Bertz CT molecular complexity index is 739. The van der Waals surface area contributed by atoms with Crippen molar-refractivity contribution in [2.45, 2.75) is 26.7 Å². The van der Waals surface area contributed by atoms with Gasteiger partial charge in [-0.15, -0.1) is 0 Å². The first-order chi connectivity index (χ1) is 11.5. The second-order valence-corrected chi connectivity index (χ2v) is 6.92. The molecule has 0 spiro atoms. The molecule has 1 aromatic carbocycles. The Hall–Kier alpha value is -2.07. The predicted octanol–water partition coefficient (Wildman–Crippen LogP) is 4.53. The van der Waals surface area contributed by atoms with Gasteiger partial charge in [0.15, 0.2) is 0 Å². The maximum Gasteiger partial charge on any atom is 0.274 e. The van der Waals surface area contributed by atoms with Crippen LogP contribution in [0.15, 0.2) is 36.5 Å². The maximum atomic E-state index is 12.5. The molecule has 0 radical (unpaired) electrons. The zero-order chi connectivity index (χ0) is 17.1. The summed E-state index contributed by atoms with van der Waals surface area (Å²) < 4.78 is 0. The standard InChI is InChI=1S/C19H22ClN3O/c1-13-6-9-23(10-7-13)16-5-8-21-18(12-16)19(24)22-17-11-15(20)4-3-14(17)2/h3-5,8,11-13H,6-7,9-10H2,1-2H3,(H,22,24). The van der Waals surface area contributed by atoms with E-state index in [-0.39, 0.29) is 5.91 Å². The molecular weight excluding hydrogens is 322 g/mol. The Kier molecular flexibility index (Phi) is 5.05. The summed E-state index contributed by atoms with van der Waals surface area (Å²) in [6.45, 7) is 6.28. The van der Waals surface area contributed by atoms with Crippen LogP contribution in [0, 0.1) is 12.8 Å². The summed E-state index contributed by atoms with van der Waals surface area (Å²) in [4.78, 5) is 19.1. The second-order valence-electron chi connectivity index (χ2n) is 6.48. The van der Waals surface area contributed by atoms with Crippen LogP contribution in [0.2, 0.25) is 5.02 Å². The van der Waals surface area contributed by atoms with E-state index < -0.39 is 0 Å². The lowest BCUT2D eigenvalue weighted by Gasteiger charge is -2.32. The van der Waals surface area contributed by atoms with Crippen LogP contribution in [0.25, 0.3) is 0 Å². The van der Waals surface area contributed by atoms with Gasteiger partial charge in [-0.2, -0.15) is 0 Å². The van der Waals surface area contributed by atoms with Gasteiger partial charge in [0.05, 0.1) is 0 Å². The van der Waals surface area contributed by atoms with Gasteiger partial charge >= 0.3 is 0 Å². The number of carbonyl (C=O) groups excluding carboxylic acids is 1. The Morgan fingerprint density at radius 2 is 2.00 bits per heavy atom. The van der Waals surface area contributed by atoms with Crippen LogP contribution in [0.1, 0.15) is 35.8 Å². The molecule has 2 heterocycles. The van der Waals surface area contributed by atoms with E-state index in [2.05, 4.69) is 22.1 Å². The van der Waals surface area contributed by atoms with Gasteiger partial charge in [-0.3, -0.25) is 9.78 Å². The quantitative estimate of drug-likeness (QED) is 0.890. The third-order valence-corrected chi connectivity index (χ3v) is 4.81. The van der Waals surface area contributed by atoms with Crippen molar-refractivity contribution in [1.82, 2.24) is 4.98 Å². The molecule has 3 rings (SSSR count). The maximum absolute atomic E-state index is 12.5. The molecule has 2 aromatic rings. The highest BCUT2D eigenvalue weighted by Gasteiger charge is 2.18. The molecule has 1 fully saturated rings. The minimum Gasteiger partial charge on any atom is -0.371 e. The van der Waals surface area contributed by atoms with Crippen LogP contribution in [-0.2, 0) is 0 Å². The van der Waals surface area contributed by atoms with Crippen LogP contribution in [0.3, 0.4) is 0 Å². The number of piperidine rings is 1. The van der Waals surface area contributed by atoms with Crippen molar-refractivity contribution >= 4 is 28.9 Å². The van der Waals surface area contributed by atoms with E-state index in [0.29, 0.717) is 16.4 Å². The summed E-state index contributed by atoms with van der Waals surface area (Å²) in [6, 6.07) is 9.28. The molecule has 0 atom stereocenters. The fourth-order valence-electron chi connectivity index (χ4n) is 2.92. The number of hydrogen-bond acceptors (Lipinski definition) is 3. The summed E-state index contributed by atoms with van der Waals surface area (Å²) >= 11 is 6.01. The molecule has 5 heteroatoms. The average Bonchev–Trinajstić information content (AvgIpc) is 2.59. The largest absolute Gasteiger partial charge is 0.371 e. The molecule has 1 amide bonds. The third-order valence-electron chi connectivity index (χ3n) is 4.57. The van der Waals surface area contributed by atoms with E-state index in [1.807, 2.05) is 31.2 Å². The fourth-order valence-corrected chi connectivity index (χ4v) is 3.09. The molecule has 0 bridgehead atoms. The molecular formula is C19H22ClN3O. The molecule has 0 aliphatic carbocycles. The predicted molar refractivity (Wildman–Crippen MR) is 99.0 cm³/mol. The number of aromatic nitrogens is 1. The molecule has 24 heavy (non-hydrogen) atoms. The highest BCUT2D eigenvalue weighted by molar-refractivity contribution is 6.31. The van der Waals surface area contributed by atoms with Crippen molar-refractivity contribution in [3.8, 4) is 0 Å². The minimum absolute atomic E-state index is 0.215. The number of nitrogens with zero attached hydrogens (tertiary/aromatic N) is 2. The first kappa shape index (κ1) is 16.8. The number of carbonyl (C=O) groups is 1. The number of nitrogens with one attached hydrogen (secondary N) is 1. The molecule has 1 N–H and O–H groups in total. The Morgan fingerprint density at radius 3 is 2.75 bits per heavy atom. The topological polar surface area (TPSA) is 45.2 Å². The Labute approximate surface area is 147 Å². The van der Waals surface area contributed by atoms with E-state index in [4.69, 9.17) is 11.6 Å². The van der Waals surface area contributed by atoms with Crippen molar-refractivity contribution < 1.29 is 4.79 Å². The van der Waals surface area contributed by atoms with Crippen LogP contribution in [0.4, 0.5) is 11.4 Å². The van der Waals surface area contributed by atoms with E-state index >= 15 is 0 Å². The molecule has 1 aliphatic heterocycles. The summed E-state index contributed by atoms with van der Waals surface area (Å²) in [6.07, 6.45) is 4.07. The first-order valence-electron chi connectivity index (χ1n) is 8.31. The number of rotatable bonds is 3. The van der Waals surface area contributed by atoms with E-state index in [1.165, 1.54) is 12.8 Å². The summed E-state index contributed by atoms with van der Waals surface area (Å²) in [5.41, 5.74) is 3.16. The molecule has 0 unspecified atom stereocenters. The van der Waals surface area contributed by atoms with E-state index in [1.54, 1.807) is 12.3 Å². The Balaban J connectivity index is 1.76. The lowest BCUT2D eigenvalue weighted by molar-refractivity contribution is 0.102. The van der Waals surface area contributed by atoms with Gasteiger partial charge in [0, 0.05) is 35.7 Å². The molecule has 4 nitrogen and oxygen atoms in total. The number of pyridine rings is 1. The van der Waals surface area contributed by atoms with Crippen LogP contribution >= 0.6 is 11.6 Å². The smallest absolute Gasteiger partial charge is 0.274 e.